The zero-order chi connectivity index (χ0) is 57.5. The molecule has 1 fully saturated rings. The summed E-state index contributed by atoms with van der Waals surface area (Å²) in [5.41, 5.74) is 0. The third kappa shape index (κ3) is 43.5. The van der Waals surface area contributed by atoms with E-state index in [0.717, 1.165) is 77.0 Å². The molecule has 1 heterocycles. The summed E-state index contributed by atoms with van der Waals surface area (Å²) in [6.07, 6.45) is 61.0. The number of unbranched alkanes of at least 4 members (excludes halogenated alkanes) is 33. The number of rotatable bonds is 55. The van der Waals surface area contributed by atoms with Crippen molar-refractivity contribution in [3.63, 3.8) is 0 Å². The third-order valence-electron chi connectivity index (χ3n) is 15.2. The molecular weight excluding hydrogens is 991 g/mol. The Hall–Kier alpha value is -2.90. The molecule has 1 saturated heterocycles. The van der Waals surface area contributed by atoms with E-state index in [-0.39, 0.29) is 19.4 Å². The van der Waals surface area contributed by atoms with E-state index in [2.05, 4.69) is 62.5 Å². The average Bonchev–Trinajstić information content (AvgIpc) is 3.51. The van der Waals surface area contributed by atoms with Crippen LogP contribution in [0.4, 0.5) is 0 Å². The molecule has 0 radical (unpaired) electrons. The van der Waals surface area contributed by atoms with Crippen LogP contribution in [0.25, 0.3) is 0 Å². The zero-order valence-electron chi connectivity index (χ0n) is 50.7. The van der Waals surface area contributed by atoms with Gasteiger partial charge in [-0.15, -0.1) is 0 Å². The van der Waals surface area contributed by atoms with E-state index in [4.69, 9.17) is 14.2 Å². The highest BCUT2D eigenvalue weighted by Gasteiger charge is 2.47. The Kier molecular flexibility index (Phi) is 52.2. The predicted octanol–water partition coefficient (Wildman–Crippen LogP) is 16.0. The van der Waals surface area contributed by atoms with Crippen LogP contribution in [0.5, 0.6) is 0 Å². The molecule has 0 aliphatic carbocycles. The van der Waals surface area contributed by atoms with Gasteiger partial charge in [-0.1, -0.05) is 273 Å². The van der Waals surface area contributed by atoms with E-state index in [0.29, 0.717) is 12.8 Å². The molecule has 0 aromatic carbocycles. The highest BCUT2D eigenvalue weighted by molar-refractivity contribution is 5.80. The van der Waals surface area contributed by atoms with Crippen LogP contribution in [0, 0.1) is 0 Å². The number of allylic oxidation sites excluding steroid dienone is 11. The summed E-state index contributed by atoms with van der Waals surface area (Å²) in [4.78, 5) is 26.6. The molecule has 0 bridgehead atoms. The van der Waals surface area contributed by atoms with Crippen molar-refractivity contribution in [2.75, 3.05) is 13.2 Å². The smallest absolute Gasteiger partial charge is 0.306 e. The summed E-state index contributed by atoms with van der Waals surface area (Å²) in [6, 6.07) is -1.04. The van der Waals surface area contributed by atoms with Gasteiger partial charge in [-0.2, -0.15) is 0 Å². The first kappa shape index (κ1) is 74.1. The van der Waals surface area contributed by atoms with Crippen molar-refractivity contribution in [1.29, 1.82) is 0 Å². The molecule has 0 saturated carbocycles. The van der Waals surface area contributed by atoms with Gasteiger partial charge in [0.15, 0.2) is 12.4 Å². The van der Waals surface area contributed by atoms with Gasteiger partial charge < -0.3 is 45.1 Å². The Balaban J connectivity index is 2.58. The number of carbonyl (C=O) groups is 2. The minimum absolute atomic E-state index is 0.120. The monoisotopic (exact) mass is 1110 g/mol. The lowest BCUT2D eigenvalue weighted by Gasteiger charge is -2.41. The van der Waals surface area contributed by atoms with Gasteiger partial charge in [0.1, 0.15) is 24.4 Å². The lowest BCUT2D eigenvalue weighted by atomic mass is 9.99. The molecular formula is C68H121NO10. The number of hydrogen-bond donors (Lipinski definition) is 6. The van der Waals surface area contributed by atoms with E-state index < -0.39 is 67.4 Å². The molecule has 0 aromatic rings. The lowest BCUT2D eigenvalue weighted by Crippen LogP contribution is -2.61. The molecule has 1 rings (SSSR count). The minimum Gasteiger partial charge on any atom is -0.454 e. The Morgan fingerprint density at radius 2 is 0.962 bits per heavy atom. The van der Waals surface area contributed by atoms with Gasteiger partial charge in [-0.25, -0.2) is 0 Å². The topological polar surface area (TPSA) is 175 Å². The second-order valence-electron chi connectivity index (χ2n) is 22.5. The van der Waals surface area contributed by atoms with Crippen LogP contribution < -0.4 is 5.32 Å². The summed E-state index contributed by atoms with van der Waals surface area (Å²) in [5, 5.41) is 57.0. The number of hydrogen-bond acceptors (Lipinski definition) is 10. The Bertz CT molecular complexity index is 1560. The molecule has 11 nitrogen and oxygen atoms in total. The number of amides is 1. The molecule has 8 unspecified atom stereocenters. The largest absolute Gasteiger partial charge is 0.454 e. The van der Waals surface area contributed by atoms with Crippen molar-refractivity contribution in [3.05, 3.63) is 72.9 Å². The summed E-state index contributed by atoms with van der Waals surface area (Å²) < 4.78 is 17.6. The second-order valence-corrected chi connectivity index (χ2v) is 22.5. The van der Waals surface area contributed by atoms with Crippen LogP contribution in [0.3, 0.4) is 0 Å². The fourth-order valence-corrected chi connectivity index (χ4v) is 9.98. The highest BCUT2D eigenvalue weighted by Crippen LogP contribution is 2.26. The summed E-state index contributed by atoms with van der Waals surface area (Å²) in [7, 11) is 0. The van der Waals surface area contributed by atoms with Gasteiger partial charge in [0.2, 0.25) is 5.91 Å². The molecule has 1 aliphatic heterocycles. The molecule has 1 amide bonds. The van der Waals surface area contributed by atoms with Crippen LogP contribution in [0.1, 0.15) is 284 Å². The third-order valence-corrected chi connectivity index (χ3v) is 15.2. The van der Waals surface area contributed by atoms with E-state index >= 15 is 0 Å². The van der Waals surface area contributed by atoms with Crippen molar-refractivity contribution in [2.45, 2.75) is 333 Å². The fraction of sp³-hybridized carbons (Fsp3) is 0.794. The Labute approximate surface area is 483 Å². The van der Waals surface area contributed by atoms with Gasteiger partial charge in [-0.05, 0) is 77.0 Å². The lowest BCUT2D eigenvalue weighted by molar-refractivity contribution is -0.305. The van der Waals surface area contributed by atoms with Crippen LogP contribution in [0.2, 0.25) is 0 Å². The van der Waals surface area contributed by atoms with Crippen molar-refractivity contribution in [3.8, 4) is 0 Å². The maximum Gasteiger partial charge on any atom is 0.306 e. The zero-order valence-corrected chi connectivity index (χ0v) is 50.7. The molecule has 0 spiro atoms. The number of esters is 1. The van der Waals surface area contributed by atoms with Crippen molar-refractivity contribution >= 4 is 11.9 Å². The average molecular weight is 1110 g/mol. The summed E-state index contributed by atoms with van der Waals surface area (Å²) in [6.45, 7) is 5.63. The first-order valence-corrected chi connectivity index (χ1v) is 32.7. The first-order chi connectivity index (χ1) is 38.7. The quantitative estimate of drug-likeness (QED) is 0.0149. The molecule has 79 heavy (non-hydrogen) atoms. The van der Waals surface area contributed by atoms with Crippen LogP contribution in [-0.2, 0) is 23.8 Å². The number of carbonyl (C=O) groups excluding carboxylic acids is 2. The molecule has 0 aromatic heterocycles. The van der Waals surface area contributed by atoms with Crippen molar-refractivity contribution < 1.29 is 49.3 Å². The highest BCUT2D eigenvalue weighted by atomic mass is 16.7. The fourth-order valence-electron chi connectivity index (χ4n) is 9.98. The van der Waals surface area contributed by atoms with Gasteiger partial charge >= 0.3 is 5.97 Å². The van der Waals surface area contributed by atoms with E-state index in [9.17, 15) is 35.1 Å². The normalized spacial score (nSPS) is 19.3. The summed E-state index contributed by atoms with van der Waals surface area (Å²) in [5.74, 6) is -1.21. The molecule has 6 N–H and O–H groups in total. The SMILES string of the molecule is CC/C=C/C=C/C=C\CCCCCCC(O)C(=O)NC(COC1OC(CO)C(O)C(O)C1OC(=O)CCCCCCCCCCCCCCCCC/C=C\C/C=C\CCCCC)C(O)/C=C/CCCCCCCCCCCCC. The van der Waals surface area contributed by atoms with Gasteiger partial charge in [0.05, 0.1) is 25.4 Å². The molecule has 8 atom stereocenters. The van der Waals surface area contributed by atoms with Gasteiger partial charge in [0, 0.05) is 6.42 Å². The van der Waals surface area contributed by atoms with Gasteiger partial charge in [-0.3, -0.25) is 9.59 Å². The van der Waals surface area contributed by atoms with Crippen molar-refractivity contribution in [1.82, 2.24) is 5.32 Å². The number of aliphatic hydroxyl groups is 5. The van der Waals surface area contributed by atoms with Crippen LogP contribution in [0.15, 0.2) is 72.9 Å². The molecule has 1 aliphatic rings. The first-order valence-electron chi connectivity index (χ1n) is 32.7. The van der Waals surface area contributed by atoms with Gasteiger partial charge in [0.25, 0.3) is 0 Å². The van der Waals surface area contributed by atoms with Crippen LogP contribution in [-0.4, -0.2) is 99.6 Å². The Morgan fingerprint density at radius 1 is 0.519 bits per heavy atom. The minimum atomic E-state index is -1.62. The number of aliphatic hydroxyl groups excluding tert-OH is 5. The van der Waals surface area contributed by atoms with Crippen molar-refractivity contribution in [2.24, 2.45) is 0 Å². The predicted molar refractivity (Wildman–Crippen MR) is 329 cm³/mol. The molecule has 11 heteroatoms. The maximum atomic E-state index is 13.4. The van der Waals surface area contributed by atoms with Crippen LogP contribution >= 0.6 is 0 Å². The summed E-state index contributed by atoms with van der Waals surface area (Å²) >= 11 is 0. The Morgan fingerprint density at radius 3 is 1.48 bits per heavy atom. The number of ether oxygens (including phenoxy) is 3. The maximum absolute atomic E-state index is 13.4. The van der Waals surface area contributed by atoms with E-state index in [1.165, 1.54) is 161 Å². The van der Waals surface area contributed by atoms with E-state index in [1.807, 2.05) is 30.4 Å². The standard InChI is InChI=1S/C68H121NO10/c1-4-7-10-13-16-19-22-25-26-27-28-29-30-31-32-33-34-35-36-38-41-44-47-50-53-56-63(73)79-66-65(75)64(74)62(57-70)78-68(66)77-58-59(60(71)54-51-48-45-42-40-37-23-20-17-14-11-8-5-2)69-67(76)61(72)55-52-49-46-43-39-24-21-18-15-12-9-6-3/h9,12,15-16,18-19,21,24-26,51,54,59-62,64-66,68,70-72,74-75H,4-8,10-11,13-14,17,20,22-23,27-50,52-53,55-58H2,1-3H3,(H,69,76)/b12-9+,18-15+,19-16-,24-21-,26-25-,54-51+. The second kappa shape index (κ2) is 55.6. The number of nitrogens with one attached hydrogen (secondary N) is 1. The molecule has 458 valence electrons. The van der Waals surface area contributed by atoms with E-state index in [1.54, 1.807) is 6.08 Å².